The molecule has 6 atom stereocenters. The maximum absolute atomic E-state index is 12.7. The molecule has 0 saturated carbocycles. The number of unbranched alkanes of at least 4 members (excludes halogenated alkanes) is 10. The molecule has 0 aromatic heterocycles. The van der Waals surface area contributed by atoms with E-state index in [1.807, 2.05) is 12.2 Å². The van der Waals surface area contributed by atoms with E-state index in [1.165, 1.54) is 44.9 Å². The van der Waals surface area contributed by atoms with Gasteiger partial charge >= 0.3 is 17.9 Å². The van der Waals surface area contributed by atoms with E-state index in [4.69, 9.17) is 18.9 Å². The van der Waals surface area contributed by atoms with E-state index >= 15 is 0 Å². The van der Waals surface area contributed by atoms with Crippen LogP contribution in [0.2, 0.25) is 0 Å². The predicted octanol–water partition coefficient (Wildman–Crippen LogP) is 8.53. The largest absolute Gasteiger partial charge is 0.479 e. The van der Waals surface area contributed by atoms with E-state index in [1.54, 1.807) is 0 Å². The third-order valence-corrected chi connectivity index (χ3v) is 9.08. The minimum atomic E-state index is -1.87. The number of hydrogen-bond donors (Lipinski definition) is 4. The molecule has 0 spiro atoms. The lowest BCUT2D eigenvalue weighted by molar-refractivity contribution is -0.298. The zero-order valence-corrected chi connectivity index (χ0v) is 34.1. The molecule has 0 aromatic rings. The first-order valence-corrected chi connectivity index (χ1v) is 21.0. The van der Waals surface area contributed by atoms with E-state index in [0.29, 0.717) is 12.8 Å². The number of aliphatic hydroxyl groups excluding tert-OH is 3. The summed E-state index contributed by atoms with van der Waals surface area (Å²) < 4.78 is 21.6. The minimum absolute atomic E-state index is 0.108. The quantitative estimate of drug-likeness (QED) is 0.0286. The molecule has 0 aliphatic carbocycles. The fourth-order valence-electron chi connectivity index (χ4n) is 5.79. The lowest BCUT2D eigenvalue weighted by Gasteiger charge is -2.38. The van der Waals surface area contributed by atoms with Crippen molar-refractivity contribution in [2.24, 2.45) is 0 Å². The summed E-state index contributed by atoms with van der Waals surface area (Å²) in [4.78, 5) is 36.7. The predicted molar refractivity (Wildman–Crippen MR) is 220 cm³/mol. The van der Waals surface area contributed by atoms with Crippen LogP contribution in [0.1, 0.15) is 142 Å². The molecule has 0 bridgehead atoms. The summed E-state index contributed by atoms with van der Waals surface area (Å²) in [5.41, 5.74) is 0. The summed E-state index contributed by atoms with van der Waals surface area (Å²) in [5.74, 6) is -2.56. The first-order valence-electron chi connectivity index (χ1n) is 21.0. The van der Waals surface area contributed by atoms with Crippen LogP contribution >= 0.6 is 0 Å². The normalized spacial score (nSPS) is 21.1. The molecule has 56 heavy (non-hydrogen) atoms. The average molecular weight is 789 g/mol. The van der Waals surface area contributed by atoms with E-state index in [9.17, 15) is 34.8 Å². The molecule has 0 radical (unpaired) electrons. The summed E-state index contributed by atoms with van der Waals surface area (Å²) in [6, 6.07) is 0. The zero-order valence-electron chi connectivity index (χ0n) is 34.1. The van der Waals surface area contributed by atoms with Crippen molar-refractivity contribution in [1.82, 2.24) is 0 Å². The number of carboxylic acid groups (broad SMARTS) is 1. The number of rotatable bonds is 33. The van der Waals surface area contributed by atoms with Gasteiger partial charge < -0.3 is 39.4 Å². The molecule has 0 aromatic carbocycles. The number of aliphatic carboxylic acids is 1. The monoisotopic (exact) mass is 789 g/mol. The van der Waals surface area contributed by atoms with Crippen LogP contribution in [0.4, 0.5) is 0 Å². The molecule has 1 aliphatic heterocycles. The molecule has 1 heterocycles. The van der Waals surface area contributed by atoms with Gasteiger partial charge in [-0.1, -0.05) is 151 Å². The van der Waals surface area contributed by atoms with E-state index in [0.717, 1.165) is 57.8 Å². The molecule has 4 N–H and O–H groups in total. The standard InChI is InChI=1S/C45H72O11/c1-3-5-7-9-11-13-15-16-17-18-19-20-21-22-24-25-27-29-31-33-38(46)53-35-37(36-54-45-42(50)40(48)41(49)43(56-45)44(51)52)55-39(47)34-32-30-28-26-23-14-12-10-8-6-4-2/h5,7,11,13,16-17,19-20,22,24,27,29,37,40-43,45,48-50H,3-4,6,8-10,12,14-15,18,21,23,25-26,28,30-36H2,1-2H3,(H,51,52)/b7-5-,13-11-,17-16-,20-19-,24-22-,29-27-. The number of carboxylic acids is 1. The highest BCUT2D eigenvalue weighted by molar-refractivity contribution is 5.73. The van der Waals surface area contributed by atoms with E-state index < -0.39 is 61.3 Å². The second kappa shape index (κ2) is 34.9. The number of hydrogen-bond acceptors (Lipinski definition) is 10. The maximum atomic E-state index is 12.7. The number of ether oxygens (including phenoxy) is 4. The molecule has 1 saturated heterocycles. The Labute approximate surface area is 336 Å². The van der Waals surface area contributed by atoms with Crippen LogP contribution in [0.5, 0.6) is 0 Å². The van der Waals surface area contributed by atoms with Gasteiger partial charge in [0.25, 0.3) is 0 Å². The summed E-state index contributed by atoms with van der Waals surface area (Å²) in [5, 5.41) is 39.7. The van der Waals surface area contributed by atoms with Crippen LogP contribution < -0.4 is 0 Å². The highest BCUT2D eigenvalue weighted by Crippen LogP contribution is 2.23. The van der Waals surface area contributed by atoms with Crippen LogP contribution in [-0.4, -0.2) is 88.4 Å². The Bertz CT molecular complexity index is 1200. The number of aliphatic hydroxyl groups is 3. The molecule has 0 amide bonds. The Morgan fingerprint density at radius 3 is 1.55 bits per heavy atom. The van der Waals surface area contributed by atoms with Gasteiger partial charge in [0.1, 0.15) is 24.9 Å². The van der Waals surface area contributed by atoms with Crippen LogP contribution in [0.25, 0.3) is 0 Å². The molecule has 11 nitrogen and oxygen atoms in total. The van der Waals surface area contributed by atoms with E-state index in [2.05, 4.69) is 74.6 Å². The smallest absolute Gasteiger partial charge is 0.335 e. The summed E-state index contributed by atoms with van der Waals surface area (Å²) in [6.45, 7) is 3.60. The lowest BCUT2D eigenvalue weighted by Crippen LogP contribution is -2.60. The maximum Gasteiger partial charge on any atom is 0.335 e. The third-order valence-electron chi connectivity index (χ3n) is 9.08. The number of carbonyl (C=O) groups is 3. The summed E-state index contributed by atoms with van der Waals surface area (Å²) in [6.07, 6.45) is 34.0. The van der Waals surface area contributed by atoms with Crippen molar-refractivity contribution < 1.29 is 53.8 Å². The van der Waals surface area contributed by atoms with E-state index in [-0.39, 0.29) is 19.4 Å². The Morgan fingerprint density at radius 1 is 0.571 bits per heavy atom. The lowest BCUT2D eigenvalue weighted by atomic mass is 9.99. The van der Waals surface area contributed by atoms with Gasteiger partial charge in [-0.05, 0) is 51.4 Å². The topological polar surface area (TPSA) is 169 Å². The minimum Gasteiger partial charge on any atom is -0.479 e. The van der Waals surface area contributed by atoms with Crippen molar-refractivity contribution in [1.29, 1.82) is 0 Å². The molecule has 1 aliphatic rings. The molecular weight excluding hydrogens is 716 g/mol. The highest BCUT2D eigenvalue weighted by atomic mass is 16.7. The summed E-state index contributed by atoms with van der Waals surface area (Å²) in [7, 11) is 0. The molecule has 6 unspecified atom stereocenters. The van der Waals surface area contributed by atoms with Crippen LogP contribution in [-0.2, 0) is 33.3 Å². The third kappa shape index (κ3) is 26.5. The van der Waals surface area contributed by atoms with Crippen LogP contribution in [0, 0.1) is 0 Å². The van der Waals surface area contributed by atoms with Crippen molar-refractivity contribution in [3.05, 3.63) is 72.9 Å². The van der Waals surface area contributed by atoms with Crippen molar-refractivity contribution in [2.45, 2.75) is 179 Å². The molecular formula is C45H72O11. The first-order chi connectivity index (χ1) is 27.2. The number of carbonyl (C=O) groups excluding carboxylic acids is 2. The Balaban J connectivity index is 2.45. The molecule has 318 valence electrons. The van der Waals surface area contributed by atoms with Crippen LogP contribution in [0.15, 0.2) is 72.9 Å². The van der Waals surface area contributed by atoms with Gasteiger partial charge in [-0.15, -0.1) is 0 Å². The van der Waals surface area contributed by atoms with Gasteiger partial charge in [-0.2, -0.15) is 0 Å². The van der Waals surface area contributed by atoms with Gasteiger partial charge in [0, 0.05) is 12.8 Å². The zero-order chi connectivity index (χ0) is 41.1. The van der Waals surface area contributed by atoms with Crippen molar-refractivity contribution in [3.63, 3.8) is 0 Å². The van der Waals surface area contributed by atoms with Gasteiger partial charge in [0.2, 0.25) is 0 Å². The number of allylic oxidation sites excluding steroid dienone is 12. The van der Waals surface area contributed by atoms with Crippen molar-refractivity contribution in [2.75, 3.05) is 13.2 Å². The van der Waals surface area contributed by atoms with Crippen molar-refractivity contribution >= 4 is 17.9 Å². The van der Waals surface area contributed by atoms with Gasteiger partial charge in [-0.3, -0.25) is 9.59 Å². The average Bonchev–Trinajstić information content (AvgIpc) is 3.18. The van der Waals surface area contributed by atoms with Crippen molar-refractivity contribution in [3.8, 4) is 0 Å². The molecule has 11 heteroatoms. The second-order valence-electron chi connectivity index (χ2n) is 14.1. The Hall–Kier alpha value is -3.35. The number of esters is 2. The van der Waals surface area contributed by atoms with Crippen LogP contribution in [0.3, 0.4) is 0 Å². The van der Waals surface area contributed by atoms with Gasteiger partial charge in [-0.25, -0.2) is 4.79 Å². The fraction of sp³-hybridized carbons (Fsp3) is 0.667. The summed E-state index contributed by atoms with van der Waals surface area (Å²) >= 11 is 0. The molecule has 1 rings (SSSR count). The van der Waals surface area contributed by atoms with Gasteiger partial charge in [0.05, 0.1) is 6.61 Å². The van der Waals surface area contributed by atoms with Gasteiger partial charge in [0.15, 0.2) is 18.5 Å². The molecule has 1 fully saturated rings. The fourth-order valence-corrected chi connectivity index (χ4v) is 5.79. The second-order valence-corrected chi connectivity index (χ2v) is 14.1. The first kappa shape index (κ1) is 50.7. The Kier molecular flexibility index (Phi) is 31.5. The SMILES string of the molecule is CC/C=C\C/C=C\C/C=C\C/C=C\C/C=C\C/C=C\CCC(=O)OCC(COC1OC(C(=O)O)C(O)C(O)C1O)OC(=O)CCCCCCCCCCCCC. The Morgan fingerprint density at radius 2 is 1.05 bits per heavy atom. The highest BCUT2D eigenvalue weighted by Gasteiger charge is 2.47.